The van der Waals surface area contributed by atoms with E-state index in [1.165, 1.54) is 0 Å². The van der Waals surface area contributed by atoms with Gasteiger partial charge in [0.25, 0.3) is 11.8 Å². The highest BCUT2D eigenvalue weighted by Crippen LogP contribution is 2.27. The Labute approximate surface area is 165 Å². The number of hydrogen-bond acceptors (Lipinski definition) is 2. The van der Waals surface area contributed by atoms with Crippen molar-refractivity contribution in [2.24, 2.45) is 0 Å². The molecule has 0 aliphatic rings. The molecule has 0 bridgehead atoms. The van der Waals surface area contributed by atoms with Crippen LogP contribution in [0.1, 0.15) is 22.3 Å². The second-order valence-electron chi connectivity index (χ2n) is 7.11. The third kappa shape index (κ3) is 5.81. The Hall–Kier alpha value is -2.37. The highest BCUT2D eigenvalue weighted by molar-refractivity contribution is 6.34. The number of rotatable bonds is 6. The number of carbonyl (C=O) groups is 2. The molecule has 0 heterocycles. The molecule has 0 radical (unpaired) electrons. The number of carbonyl (C=O) groups excluding carboxylic acids is 2. The van der Waals surface area contributed by atoms with E-state index in [1.54, 1.807) is 0 Å². The van der Waals surface area contributed by atoms with E-state index < -0.39 is 0 Å². The predicted octanol–water partition coefficient (Wildman–Crippen LogP) is 2.67. The van der Waals surface area contributed by atoms with Gasteiger partial charge in [-0.1, -0.05) is 35.9 Å². The average Bonchev–Trinajstić information content (AvgIpc) is 2.54. The number of quaternary nitrogens is 1. The molecule has 3 N–H and O–H groups in total. The Morgan fingerprint density at radius 1 is 0.889 bits per heavy atom. The van der Waals surface area contributed by atoms with Crippen LogP contribution in [0.3, 0.4) is 0 Å². The Morgan fingerprint density at radius 3 is 1.93 bits per heavy atom. The van der Waals surface area contributed by atoms with Crippen LogP contribution in [0.25, 0.3) is 0 Å². The molecule has 0 aliphatic heterocycles. The normalized spacial score (nSPS) is 11.8. The Balaban J connectivity index is 1.92. The minimum Gasteiger partial charge on any atom is -0.322 e. The molecule has 2 amide bonds. The van der Waals surface area contributed by atoms with Gasteiger partial charge in [-0.15, -0.1) is 0 Å². The van der Waals surface area contributed by atoms with Crippen LogP contribution in [-0.4, -0.2) is 32.0 Å². The summed E-state index contributed by atoms with van der Waals surface area (Å²) in [5, 5.41) is 6.32. The van der Waals surface area contributed by atoms with Crippen molar-refractivity contribution in [3.05, 3.63) is 57.6 Å². The molecule has 2 aromatic rings. The molecule has 1 atom stereocenters. The topological polar surface area (TPSA) is 62.6 Å². The molecule has 0 aliphatic carbocycles. The lowest BCUT2D eigenvalue weighted by molar-refractivity contribution is -0.862. The second kappa shape index (κ2) is 9.02. The van der Waals surface area contributed by atoms with E-state index in [2.05, 4.69) is 10.6 Å². The van der Waals surface area contributed by atoms with Gasteiger partial charge in [0.15, 0.2) is 13.1 Å². The summed E-state index contributed by atoms with van der Waals surface area (Å²) in [7, 11) is 1.81. The molecule has 2 aromatic carbocycles. The van der Waals surface area contributed by atoms with Crippen molar-refractivity contribution < 1.29 is 14.5 Å². The maximum Gasteiger partial charge on any atom is 0.279 e. The van der Waals surface area contributed by atoms with Crippen molar-refractivity contribution in [3.8, 4) is 0 Å². The summed E-state index contributed by atoms with van der Waals surface area (Å²) in [5.41, 5.74) is 5.45. The molecule has 6 heteroatoms. The second-order valence-corrected chi connectivity index (χ2v) is 7.52. The van der Waals surface area contributed by atoms with Gasteiger partial charge in [0.05, 0.1) is 17.8 Å². The van der Waals surface area contributed by atoms with Gasteiger partial charge in [-0.05, 0) is 56.0 Å². The number of likely N-dealkylation sites (N-methyl/N-ethyl adjacent to an activating group) is 1. The summed E-state index contributed by atoms with van der Waals surface area (Å²) in [4.78, 5) is 25.5. The van der Waals surface area contributed by atoms with Gasteiger partial charge >= 0.3 is 0 Å². The Kier molecular flexibility index (Phi) is 6.99. The first-order valence-corrected chi connectivity index (χ1v) is 9.29. The highest BCUT2D eigenvalue weighted by atomic mass is 35.5. The third-order valence-electron chi connectivity index (χ3n) is 4.37. The predicted molar refractivity (Wildman–Crippen MR) is 111 cm³/mol. The third-order valence-corrected chi connectivity index (χ3v) is 4.66. The summed E-state index contributed by atoms with van der Waals surface area (Å²) in [5.74, 6) is -0.302. The molecule has 27 heavy (non-hydrogen) atoms. The van der Waals surface area contributed by atoms with E-state index >= 15 is 0 Å². The fourth-order valence-corrected chi connectivity index (χ4v) is 3.43. The summed E-state index contributed by atoms with van der Waals surface area (Å²) >= 11 is 6.23. The lowest BCUT2D eigenvalue weighted by Gasteiger charge is -2.16. The Morgan fingerprint density at radius 2 is 1.41 bits per heavy atom. The molecule has 0 saturated heterocycles. The van der Waals surface area contributed by atoms with E-state index in [-0.39, 0.29) is 24.9 Å². The number of aryl methyl sites for hydroxylation is 4. The van der Waals surface area contributed by atoms with E-state index in [1.807, 2.05) is 65.1 Å². The minimum absolute atomic E-state index is 0.123. The van der Waals surface area contributed by atoms with Crippen LogP contribution in [0, 0.1) is 27.7 Å². The van der Waals surface area contributed by atoms with Gasteiger partial charge in [0, 0.05) is 5.69 Å². The average molecular weight is 389 g/mol. The zero-order valence-corrected chi connectivity index (χ0v) is 17.3. The fraction of sp³-hybridized carbons (Fsp3) is 0.333. The van der Waals surface area contributed by atoms with Crippen molar-refractivity contribution in [1.82, 2.24) is 0 Å². The van der Waals surface area contributed by atoms with Gasteiger partial charge in [-0.2, -0.15) is 0 Å². The standard InChI is InChI=1S/C21H26ClN3O2/c1-13-9-16(4)21(17(22)10-13)24-19(27)12-25(5)11-18(26)23-20-14(2)7-6-8-15(20)3/h6-10H,11-12H2,1-5H3,(H,23,26)(H,24,27)/p+1. The maximum atomic E-state index is 12.3. The zero-order chi connectivity index (χ0) is 20.1. The number of benzene rings is 2. The zero-order valence-electron chi connectivity index (χ0n) is 16.5. The molecule has 5 nitrogen and oxygen atoms in total. The molecule has 0 saturated carbocycles. The first-order valence-electron chi connectivity index (χ1n) is 8.91. The van der Waals surface area contributed by atoms with Crippen molar-refractivity contribution in [2.45, 2.75) is 27.7 Å². The minimum atomic E-state index is -0.179. The van der Waals surface area contributed by atoms with Crippen LogP contribution in [0.5, 0.6) is 0 Å². The number of amides is 2. The van der Waals surface area contributed by atoms with Crippen LogP contribution in [0.4, 0.5) is 11.4 Å². The summed E-state index contributed by atoms with van der Waals surface area (Å²) in [6.45, 7) is 8.15. The molecule has 1 unspecified atom stereocenters. The van der Waals surface area contributed by atoms with E-state index in [0.717, 1.165) is 32.8 Å². The van der Waals surface area contributed by atoms with Gasteiger partial charge in [-0.3, -0.25) is 9.59 Å². The van der Waals surface area contributed by atoms with Crippen LogP contribution in [0.15, 0.2) is 30.3 Å². The number of para-hydroxylation sites is 1. The first-order chi connectivity index (χ1) is 12.7. The van der Waals surface area contributed by atoms with Gasteiger partial charge in [-0.25, -0.2) is 0 Å². The van der Waals surface area contributed by atoms with E-state index in [9.17, 15) is 9.59 Å². The number of hydrogen-bond donors (Lipinski definition) is 3. The van der Waals surface area contributed by atoms with E-state index in [0.29, 0.717) is 10.7 Å². The first kappa shape index (κ1) is 20.9. The number of halogens is 1. The summed E-state index contributed by atoms with van der Waals surface area (Å²) < 4.78 is 0. The van der Waals surface area contributed by atoms with Crippen molar-refractivity contribution in [3.63, 3.8) is 0 Å². The molecular formula is C21H27ClN3O2+. The summed E-state index contributed by atoms with van der Waals surface area (Å²) in [6, 6.07) is 9.66. The lowest BCUT2D eigenvalue weighted by Crippen LogP contribution is -3.11. The number of nitrogens with one attached hydrogen (secondary N) is 3. The van der Waals surface area contributed by atoms with Crippen molar-refractivity contribution >= 4 is 34.8 Å². The molecule has 0 aromatic heterocycles. The SMILES string of the molecule is Cc1cc(C)c(NC(=O)C[NH+](C)CC(=O)Nc2c(C)cccc2C)c(Cl)c1. The molecule has 0 spiro atoms. The molecule has 0 fully saturated rings. The van der Waals surface area contributed by atoms with Gasteiger partial charge < -0.3 is 15.5 Å². The summed E-state index contributed by atoms with van der Waals surface area (Å²) in [6.07, 6.45) is 0. The van der Waals surface area contributed by atoms with Crippen LogP contribution < -0.4 is 15.5 Å². The van der Waals surface area contributed by atoms with Gasteiger partial charge in [0.1, 0.15) is 0 Å². The monoisotopic (exact) mass is 388 g/mol. The fourth-order valence-electron chi connectivity index (χ4n) is 3.06. The quantitative estimate of drug-likeness (QED) is 0.712. The largest absolute Gasteiger partial charge is 0.322 e. The van der Waals surface area contributed by atoms with Crippen LogP contribution >= 0.6 is 11.6 Å². The smallest absolute Gasteiger partial charge is 0.279 e. The van der Waals surface area contributed by atoms with Crippen LogP contribution in [0.2, 0.25) is 5.02 Å². The van der Waals surface area contributed by atoms with Crippen molar-refractivity contribution in [2.75, 3.05) is 30.8 Å². The molecular weight excluding hydrogens is 362 g/mol. The number of anilines is 2. The highest BCUT2D eigenvalue weighted by Gasteiger charge is 2.17. The molecule has 2 rings (SSSR count). The molecule has 144 valence electrons. The maximum absolute atomic E-state index is 12.3. The Bertz CT molecular complexity index is 821. The van der Waals surface area contributed by atoms with E-state index in [4.69, 9.17) is 11.6 Å². The van der Waals surface area contributed by atoms with Crippen LogP contribution in [-0.2, 0) is 9.59 Å². The lowest BCUT2D eigenvalue weighted by atomic mass is 10.1. The van der Waals surface area contributed by atoms with Gasteiger partial charge in [0.2, 0.25) is 0 Å². The van der Waals surface area contributed by atoms with Crippen molar-refractivity contribution in [1.29, 1.82) is 0 Å².